The second-order valence-electron chi connectivity index (χ2n) is 4.24. The third kappa shape index (κ3) is 1.41. The molecule has 3 aromatic rings. The first-order valence-corrected chi connectivity index (χ1v) is 5.51. The lowest BCUT2D eigenvalue weighted by molar-refractivity contribution is 0.782. The van der Waals surface area contributed by atoms with E-state index in [1.54, 1.807) is 4.68 Å². The van der Waals surface area contributed by atoms with Crippen LogP contribution >= 0.6 is 0 Å². The van der Waals surface area contributed by atoms with Gasteiger partial charge >= 0.3 is 0 Å². The number of hydrogen-bond acceptors (Lipinski definition) is 2. The molecule has 4 heteroatoms. The summed E-state index contributed by atoms with van der Waals surface area (Å²) in [6, 6.07) is 10.2. The third-order valence-corrected chi connectivity index (χ3v) is 3.12. The summed E-state index contributed by atoms with van der Waals surface area (Å²) in [5.74, 6) is 0.674. The normalized spacial score (nSPS) is 11.2. The minimum Gasteiger partial charge on any atom is -0.384 e. The smallest absolute Gasteiger partial charge is 0.121 e. The van der Waals surface area contributed by atoms with Crippen molar-refractivity contribution in [3.05, 3.63) is 36.5 Å². The molecule has 2 N–H and O–H groups in total. The fourth-order valence-corrected chi connectivity index (χ4v) is 2.14. The number of rotatable bonds is 1. The van der Waals surface area contributed by atoms with Gasteiger partial charge in [-0.2, -0.15) is 5.10 Å². The molecule has 2 heterocycles. The standard InChI is InChI=1S/C13H14N4/c1-16-7-6-10-9(4-3-5-12(10)16)11-8-13(14)17(2)15-11/h3-8H,14H2,1-2H3. The summed E-state index contributed by atoms with van der Waals surface area (Å²) in [6.45, 7) is 0. The number of aryl methyl sites for hydroxylation is 2. The average Bonchev–Trinajstić information content (AvgIpc) is 2.84. The average molecular weight is 226 g/mol. The Morgan fingerprint density at radius 2 is 2.00 bits per heavy atom. The van der Waals surface area contributed by atoms with Gasteiger partial charge in [-0.05, 0) is 12.1 Å². The summed E-state index contributed by atoms with van der Waals surface area (Å²) >= 11 is 0. The largest absolute Gasteiger partial charge is 0.384 e. The number of nitrogen functional groups attached to an aromatic ring is 1. The van der Waals surface area contributed by atoms with Gasteiger partial charge in [0.05, 0.1) is 5.69 Å². The van der Waals surface area contributed by atoms with Gasteiger partial charge < -0.3 is 10.3 Å². The second kappa shape index (κ2) is 3.38. The molecule has 3 rings (SSSR count). The van der Waals surface area contributed by atoms with Gasteiger partial charge in [-0.1, -0.05) is 12.1 Å². The molecule has 0 aliphatic heterocycles. The molecular weight excluding hydrogens is 212 g/mol. The molecule has 0 saturated heterocycles. The van der Waals surface area contributed by atoms with Crippen LogP contribution in [0.1, 0.15) is 0 Å². The third-order valence-electron chi connectivity index (χ3n) is 3.12. The van der Waals surface area contributed by atoms with E-state index in [0.717, 1.165) is 11.3 Å². The van der Waals surface area contributed by atoms with Crippen molar-refractivity contribution in [3.8, 4) is 11.3 Å². The molecule has 0 atom stereocenters. The number of aromatic nitrogens is 3. The highest BCUT2D eigenvalue weighted by atomic mass is 15.3. The Bertz CT molecular complexity index is 671. The highest BCUT2D eigenvalue weighted by Gasteiger charge is 2.09. The highest BCUT2D eigenvalue weighted by Crippen LogP contribution is 2.28. The van der Waals surface area contributed by atoms with Crippen molar-refractivity contribution in [2.45, 2.75) is 0 Å². The topological polar surface area (TPSA) is 48.8 Å². The van der Waals surface area contributed by atoms with Crippen molar-refractivity contribution >= 4 is 16.7 Å². The number of fused-ring (bicyclic) bond motifs is 1. The maximum absolute atomic E-state index is 5.82. The van der Waals surface area contributed by atoms with Crippen LogP contribution in [0.25, 0.3) is 22.2 Å². The van der Waals surface area contributed by atoms with E-state index in [9.17, 15) is 0 Å². The maximum atomic E-state index is 5.82. The van der Waals surface area contributed by atoms with E-state index in [-0.39, 0.29) is 0 Å². The molecule has 1 aromatic carbocycles. The highest BCUT2D eigenvalue weighted by molar-refractivity contribution is 5.94. The molecule has 0 saturated carbocycles. The molecule has 0 fully saturated rings. The van der Waals surface area contributed by atoms with Crippen molar-refractivity contribution in [1.82, 2.24) is 14.3 Å². The minimum absolute atomic E-state index is 0.674. The molecule has 0 unspecified atom stereocenters. The van der Waals surface area contributed by atoms with Crippen molar-refractivity contribution in [3.63, 3.8) is 0 Å². The molecule has 17 heavy (non-hydrogen) atoms. The Hall–Kier alpha value is -2.23. The van der Waals surface area contributed by atoms with Gasteiger partial charge in [0.25, 0.3) is 0 Å². The molecule has 4 nitrogen and oxygen atoms in total. The SMILES string of the molecule is Cn1nc(-c2cccc3c2ccn3C)cc1N. The zero-order valence-corrected chi connectivity index (χ0v) is 9.88. The minimum atomic E-state index is 0.674. The summed E-state index contributed by atoms with van der Waals surface area (Å²) in [4.78, 5) is 0. The molecule has 2 aromatic heterocycles. The van der Waals surface area contributed by atoms with Crippen molar-refractivity contribution in [2.24, 2.45) is 14.1 Å². The lowest BCUT2D eigenvalue weighted by Crippen LogP contribution is -1.96. The van der Waals surface area contributed by atoms with Crippen molar-refractivity contribution in [2.75, 3.05) is 5.73 Å². The predicted octanol–water partition coefficient (Wildman–Crippen LogP) is 2.16. The molecule has 0 bridgehead atoms. The monoisotopic (exact) mass is 226 g/mol. The van der Waals surface area contributed by atoms with Crippen LogP contribution < -0.4 is 5.73 Å². The zero-order chi connectivity index (χ0) is 12.0. The van der Waals surface area contributed by atoms with E-state index in [0.29, 0.717) is 5.82 Å². The van der Waals surface area contributed by atoms with E-state index < -0.39 is 0 Å². The number of anilines is 1. The lowest BCUT2D eigenvalue weighted by atomic mass is 10.1. The van der Waals surface area contributed by atoms with Crippen LogP contribution in [0.4, 0.5) is 5.82 Å². The van der Waals surface area contributed by atoms with Crippen molar-refractivity contribution < 1.29 is 0 Å². The number of hydrogen-bond donors (Lipinski definition) is 1. The van der Waals surface area contributed by atoms with Crippen LogP contribution in [0.15, 0.2) is 36.5 Å². The van der Waals surface area contributed by atoms with Crippen LogP contribution in [0.3, 0.4) is 0 Å². The maximum Gasteiger partial charge on any atom is 0.121 e. The summed E-state index contributed by atoms with van der Waals surface area (Å²) < 4.78 is 3.79. The summed E-state index contributed by atoms with van der Waals surface area (Å²) in [5, 5.41) is 5.62. The van der Waals surface area contributed by atoms with Crippen LogP contribution in [0.5, 0.6) is 0 Å². The van der Waals surface area contributed by atoms with Gasteiger partial charge in [0.15, 0.2) is 0 Å². The Morgan fingerprint density at radius 1 is 1.18 bits per heavy atom. The molecule has 0 spiro atoms. The number of nitrogens with zero attached hydrogens (tertiary/aromatic N) is 3. The molecule has 0 aliphatic carbocycles. The Morgan fingerprint density at radius 3 is 2.71 bits per heavy atom. The summed E-state index contributed by atoms with van der Waals surface area (Å²) in [5.41, 5.74) is 9.06. The van der Waals surface area contributed by atoms with Gasteiger partial charge in [-0.3, -0.25) is 4.68 Å². The van der Waals surface area contributed by atoms with E-state index in [1.165, 1.54) is 10.9 Å². The second-order valence-corrected chi connectivity index (χ2v) is 4.24. The fraction of sp³-hybridized carbons (Fsp3) is 0.154. The Labute approximate surface area is 99.3 Å². The van der Waals surface area contributed by atoms with Gasteiger partial charge in [0.1, 0.15) is 5.82 Å². The Balaban J connectivity index is 2.30. The van der Waals surface area contributed by atoms with Crippen molar-refractivity contribution in [1.29, 1.82) is 0 Å². The molecule has 86 valence electrons. The first-order valence-electron chi connectivity index (χ1n) is 5.51. The predicted molar refractivity (Wildman–Crippen MR) is 69.5 cm³/mol. The summed E-state index contributed by atoms with van der Waals surface area (Å²) in [7, 11) is 3.89. The van der Waals surface area contributed by atoms with Crippen LogP contribution in [0, 0.1) is 0 Å². The first-order chi connectivity index (χ1) is 8.16. The Kier molecular flexibility index (Phi) is 1.98. The van der Waals surface area contributed by atoms with Crippen LogP contribution in [-0.4, -0.2) is 14.3 Å². The van der Waals surface area contributed by atoms with E-state index in [2.05, 4.69) is 34.1 Å². The van der Waals surface area contributed by atoms with E-state index in [1.807, 2.05) is 26.2 Å². The zero-order valence-electron chi connectivity index (χ0n) is 9.88. The van der Waals surface area contributed by atoms with Gasteiger partial charge in [-0.15, -0.1) is 0 Å². The first kappa shape index (κ1) is 9.96. The molecule has 0 radical (unpaired) electrons. The van der Waals surface area contributed by atoms with E-state index in [4.69, 9.17) is 5.73 Å². The number of nitrogens with two attached hydrogens (primary N) is 1. The molecule has 0 aliphatic rings. The molecular formula is C13H14N4. The van der Waals surface area contributed by atoms with Crippen LogP contribution in [-0.2, 0) is 14.1 Å². The van der Waals surface area contributed by atoms with Gasteiger partial charge in [-0.25, -0.2) is 0 Å². The van der Waals surface area contributed by atoms with E-state index >= 15 is 0 Å². The number of benzene rings is 1. The summed E-state index contributed by atoms with van der Waals surface area (Å²) in [6.07, 6.45) is 2.06. The quantitative estimate of drug-likeness (QED) is 0.691. The van der Waals surface area contributed by atoms with Crippen LogP contribution in [0.2, 0.25) is 0 Å². The van der Waals surface area contributed by atoms with Gasteiger partial charge in [0, 0.05) is 42.8 Å². The lowest BCUT2D eigenvalue weighted by Gasteiger charge is -2.00. The molecule has 0 amide bonds. The fourth-order valence-electron chi connectivity index (χ4n) is 2.14. The van der Waals surface area contributed by atoms with Gasteiger partial charge in [0.2, 0.25) is 0 Å².